The molecule has 11 heteroatoms. The number of aromatic nitrogens is 1. The topological polar surface area (TPSA) is 130 Å². The second kappa shape index (κ2) is 10.2. The molecule has 3 rings (SSSR count). The average Bonchev–Trinajstić information content (AvgIpc) is 3.14. The zero-order valence-corrected chi connectivity index (χ0v) is 18.4. The third kappa shape index (κ3) is 5.21. The molecule has 2 heterocycles. The van der Waals surface area contributed by atoms with Crippen molar-refractivity contribution in [3.05, 3.63) is 55.2 Å². The van der Waals surface area contributed by atoms with E-state index in [4.69, 9.17) is 4.74 Å². The third-order valence-electron chi connectivity index (χ3n) is 5.87. The Labute approximate surface area is 183 Å². The van der Waals surface area contributed by atoms with E-state index in [1.807, 2.05) is 0 Å². The van der Waals surface area contributed by atoms with Gasteiger partial charge >= 0.3 is 0 Å². The van der Waals surface area contributed by atoms with Crippen molar-refractivity contribution in [2.45, 2.75) is 51.2 Å². The maximum Gasteiger partial charge on any atom is 0.294 e. The number of nitrogens with zero attached hydrogens (tertiary/aromatic N) is 2. The number of benzene rings is 1. The molecule has 0 amide bonds. The molecule has 10 nitrogen and oxygen atoms in total. The van der Waals surface area contributed by atoms with Crippen LogP contribution in [0.1, 0.15) is 43.5 Å². The van der Waals surface area contributed by atoms with Crippen molar-refractivity contribution in [3.8, 4) is 0 Å². The van der Waals surface area contributed by atoms with Gasteiger partial charge in [-0.15, -0.1) is 20.2 Å². The summed E-state index contributed by atoms with van der Waals surface area (Å²) in [5.41, 5.74) is 4.69. The van der Waals surface area contributed by atoms with Gasteiger partial charge in [0.15, 0.2) is 0 Å². The molecule has 0 spiro atoms. The number of hydrogen-bond acceptors (Lipinski definition) is 8. The van der Waals surface area contributed by atoms with Crippen LogP contribution in [-0.4, -0.2) is 46.0 Å². The number of para-hydroxylation sites is 1. The van der Waals surface area contributed by atoms with E-state index in [0.717, 1.165) is 19.3 Å². The van der Waals surface area contributed by atoms with Gasteiger partial charge in [-0.3, -0.25) is 0 Å². The fourth-order valence-electron chi connectivity index (χ4n) is 4.16. The minimum atomic E-state index is -0.999. The summed E-state index contributed by atoms with van der Waals surface area (Å²) in [6.07, 6.45) is 1.63. The molecular weight excluding hydrogens is 426 g/mol. The first kappa shape index (κ1) is 23.1. The van der Waals surface area contributed by atoms with Gasteiger partial charge in [-0.05, 0) is 30.6 Å². The Morgan fingerprint density at radius 3 is 2.77 bits per heavy atom. The molecule has 1 aliphatic heterocycles. The van der Waals surface area contributed by atoms with Gasteiger partial charge in [0.1, 0.15) is 12.7 Å². The lowest BCUT2D eigenvalue weighted by atomic mass is 9.77. The fraction of sp³-hybridized carbons (Fsp3) is 0.600. The maximum absolute atomic E-state index is 10.6. The lowest BCUT2D eigenvalue weighted by Crippen LogP contribution is -2.37. The first-order valence-electron chi connectivity index (χ1n) is 10.3. The molecule has 1 aromatic carbocycles. The van der Waals surface area contributed by atoms with Crippen LogP contribution in [0.3, 0.4) is 0 Å². The fourth-order valence-corrected chi connectivity index (χ4v) is 5.28. The van der Waals surface area contributed by atoms with E-state index in [0.29, 0.717) is 19.0 Å². The van der Waals surface area contributed by atoms with Crippen molar-refractivity contribution < 1.29 is 24.6 Å². The first-order valence-corrected chi connectivity index (χ1v) is 11.4. The van der Waals surface area contributed by atoms with Crippen molar-refractivity contribution in [2.24, 2.45) is 0 Å². The molecule has 0 bridgehead atoms. The summed E-state index contributed by atoms with van der Waals surface area (Å²) in [5, 5.41) is 20.3. The van der Waals surface area contributed by atoms with Gasteiger partial charge in [0.25, 0.3) is 10.2 Å². The predicted octanol–water partition coefficient (Wildman–Crippen LogP) is 3.82. The van der Waals surface area contributed by atoms with Gasteiger partial charge < -0.3 is 19.4 Å². The molecule has 0 radical (unpaired) electrons. The molecule has 1 aliphatic rings. The normalized spacial score (nSPS) is 19.0. The number of aromatic amines is 1. The van der Waals surface area contributed by atoms with Crippen molar-refractivity contribution in [3.63, 3.8) is 0 Å². The Balaban J connectivity index is 1.71. The molecule has 0 saturated heterocycles. The van der Waals surface area contributed by atoms with Crippen molar-refractivity contribution in [2.75, 3.05) is 24.7 Å². The first-order chi connectivity index (χ1) is 14.9. The molecule has 170 valence electrons. The largest absolute Gasteiger partial charge is 0.376 e. The van der Waals surface area contributed by atoms with Crippen LogP contribution in [0.2, 0.25) is 0 Å². The van der Waals surface area contributed by atoms with Gasteiger partial charge in [0, 0.05) is 33.3 Å². The average molecular weight is 454 g/mol. The highest BCUT2D eigenvalue weighted by atomic mass is 32.2. The zero-order valence-electron chi connectivity index (χ0n) is 17.6. The number of fused-ring (bicyclic) bond motifs is 3. The molecule has 1 N–H and O–H groups in total. The number of hydrogen-bond donors (Lipinski definition) is 1. The van der Waals surface area contributed by atoms with Gasteiger partial charge in [0.05, 0.1) is 13.2 Å². The zero-order chi connectivity index (χ0) is 22.4. The lowest BCUT2D eigenvalue weighted by molar-refractivity contribution is -0.788. The molecule has 0 fully saturated rings. The number of H-pyrrole nitrogens is 1. The summed E-state index contributed by atoms with van der Waals surface area (Å²) in [5.74, 6) is 0.914. The minimum absolute atomic E-state index is 0.179. The molecule has 2 atom stereocenters. The van der Waals surface area contributed by atoms with Crippen LogP contribution < -0.4 is 0 Å². The van der Waals surface area contributed by atoms with Crippen LogP contribution in [-0.2, 0) is 32.9 Å². The lowest BCUT2D eigenvalue weighted by Gasteiger charge is -2.36. The monoisotopic (exact) mass is 453 g/mol. The number of aryl methyl sites for hydroxylation is 1. The quantitative estimate of drug-likeness (QED) is 0.292. The Bertz CT molecular complexity index is 935. The van der Waals surface area contributed by atoms with Crippen molar-refractivity contribution >= 4 is 22.7 Å². The SMILES string of the molecule is CCc1cccc2c3c([nH]c12)C(CC)(CCSCC(CO[N+](=O)[O-])O[N+](=O)[O-])COC3. The highest BCUT2D eigenvalue weighted by Gasteiger charge is 2.38. The maximum atomic E-state index is 10.6. The van der Waals surface area contributed by atoms with Crippen LogP contribution in [0.25, 0.3) is 10.9 Å². The standard InChI is InChI=1S/C20H27N3O7S/c1-3-14-6-5-7-16-17-11-28-13-20(4-2,19(17)21-18(14)16)8-9-31-12-15(30-23(26)27)10-29-22(24)25/h5-7,15,21H,3-4,8-13H2,1-2H3. The summed E-state index contributed by atoms with van der Waals surface area (Å²) in [6.45, 7) is 4.98. The highest BCUT2D eigenvalue weighted by Crippen LogP contribution is 2.42. The van der Waals surface area contributed by atoms with E-state index in [2.05, 4.69) is 46.7 Å². The van der Waals surface area contributed by atoms with Crippen molar-refractivity contribution in [1.29, 1.82) is 0 Å². The summed E-state index contributed by atoms with van der Waals surface area (Å²) in [6, 6.07) is 6.34. The number of thioether (sulfide) groups is 1. The van der Waals surface area contributed by atoms with E-state index >= 15 is 0 Å². The van der Waals surface area contributed by atoms with E-state index in [1.54, 1.807) is 0 Å². The molecule has 2 aromatic rings. The summed E-state index contributed by atoms with van der Waals surface area (Å²) >= 11 is 1.45. The summed E-state index contributed by atoms with van der Waals surface area (Å²) in [7, 11) is 0. The summed E-state index contributed by atoms with van der Waals surface area (Å²) < 4.78 is 6.00. The molecule has 0 aliphatic carbocycles. The Hall–Kier alpha value is -2.53. The van der Waals surface area contributed by atoms with Gasteiger partial charge in [-0.25, -0.2) is 0 Å². The number of nitrogens with one attached hydrogen (secondary N) is 1. The molecular formula is C20H27N3O7S. The van der Waals surface area contributed by atoms with Gasteiger partial charge in [0.2, 0.25) is 0 Å². The van der Waals surface area contributed by atoms with E-state index in [9.17, 15) is 20.2 Å². The second-order valence-electron chi connectivity index (χ2n) is 7.59. The van der Waals surface area contributed by atoms with Crippen LogP contribution in [0.4, 0.5) is 0 Å². The second-order valence-corrected chi connectivity index (χ2v) is 8.74. The summed E-state index contributed by atoms with van der Waals surface area (Å²) in [4.78, 5) is 33.5. The smallest absolute Gasteiger partial charge is 0.294 e. The van der Waals surface area contributed by atoms with Gasteiger partial charge in [-0.1, -0.05) is 32.0 Å². The van der Waals surface area contributed by atoms with Crippen LogP contribution in [0, 0.1) is 20.2 Å². The Morgan fingerprint density at radius 2 is 2.10 bits per heavy atom. The molecule has 2 unspecified atom stereocenters. The minimum Gasteiger partial charge on any atom is -0.376 e. The van der Waals surface area contributed by atoms with Gasteiger partial charge in [-0.2, -0.15) is 11.8 Å². The molecule has 1 aromatic heterocycles. The molecule has 31 heavy (non-hydrogen) atoms. The highest BCUT2D eigenvalue weighted by molar-refractivity contribution is 7.99. The van der Waals surface area contributed by atoms with Crippen molar-refractivity contribution in [1.82, 2.24) is 4.98 Å². The van der Waals surface area contributed by atoms with Crippen LogP contribution in [0.15, 0.2) is 18.2 Å². The van der Waals surface area contributed by atoms with E-state index in [1.165, 1.54) is 39.5 Å². The Kier molecular flexibility index (Phi) is 7.60. The number of rotatable bonds is 12. The van der Waals surface area contributed by atoms with E-state index in [-0.39, 0.29) is 11.2 Å². The van der Waals surface area contributed by atoms with Crippen LogP contribution >= 0.6 is 11.8 Å². The van der Waals surface area contributed by atoms with E-state index < -0.39 is 22.9 Å². The molecule has 0 saturated carbocycles. The van der Waals surface area contributed by atoms with Crippen LogP contribution in [0.5, 0.6) is 0 Å². The Morgan fingerprint density at radius 1 is 1.29 bits per heavy atom. The number of ether oxygens (including phenoxy) is 1. The third-order valence-corrected chi connectivity index (χ3v) is 6.97. The predicted molar refractivity (Wildman–Crippen MR) is 116 cm³/mol.